The molecule has 0 aliphatic heterocycles. The highest BCUT2D eigenvalue weighted by molar-refractivity contribution is 7.14. The highest BCUT2D eigenvalue weighted by Gasteiger charge is 2.10. The van der Waals surface area contributed by atoms with Crippen molar-refractivity contribution in [3.8, 4) is 11.3 Å². The lowest BCUT2D eigenvalue weighted by Gasteiger charge is -2.02. The number of aromatic nitrogens is 1. The first-order chi connectivity index (χ1) is 10.1. The SMILES string of the molecule is Cl.Fc1ccc(-c2csc(Nc3ccc(Cl)cc3)n2)c(F)c1. The largest absolute Gasteiger partial charge is 0.332 e. The van der Waals surface area contributed by atoms with E-state index in [0.29, 0.717) is 15.8 Å². The Morgan fingerprint density at radius 2 is 1.77 bits per heavy atom. The Hall–Kier alpha value is -1.69. The van der Waals surface area contributed by atoms with Crippen molar-refractivity contribution in [2.24, 2.45) is 0 Å². The second-order valence-corrected chi connectivity index (χ2v) is 5.59. The minimum absolute atomic E-state index is 0. The summed E-state index contributed by atoms with van der Waals surface area (Å²) in [6.45, 7) is 0. The molecule has 0 aliphatic rings. The van der Waals surface area contributed by atoms with E-state index in [9.17, 15) is 8.78 Å². The van der Waals surface area contributed by atoms with Crippen LogP contribution >= 0.6 is 35.3 Å². The topological polar surface area (TPSA) is 24.9 Å². The third-order valence-corrected chi connectivity index (χ3v) is 3.82. The van der Waals surface area contributed by atoms with Crippen molar-refractivity contribution < 1.29 is 8.78 Å². The van der Waals surface area contributed by atoms with Crippen LogP contribution in [0.5, 0.6) is 0 Å². The molecule has 0 aliphatic carbocycles. The van der Waals surface area contributed by atoms with Gasteiger partial charge in [-0.05, 0) is 36.4 Å². The maximum absolute atomic E-state index is 13.7. The van der Waals surface area contributed by atoms with Gasteiger partial charge in [-0.3, -0.25) is 0 Å². The number of thiazole rings is 1. The van der Waals surface area contributed by atoms with Gasteiger partial charge in [-0.25, -0.2) is 13.8 Å². The highest BCUT2D eigenvalue weighted by atomic mass is 35.5. The van der Waals surface area contributed by atoms with E-state index in [1.54, 1.807) is 17.5 Å². The van der Waals surface area contributed by atoms with Crippen LogP contribution in [0.15, 0.2) is 47.8 Å². The van der Waals surface area contributed by atoms with Crippen molar-refractivity contribution in [2.75, 3.05) is 5.32 Å². The standard InChI is InChI=1S/C15H9ClF2N2S.ClH/c16-9-1-4-11(5-2-9)19-15-20-14(8-21-15)12-6-3-10(17)7-13(12)18;/h1-8H,(H,19,20);1H. The van der Waals surface area contributed by atoms with Gasteiger partial charge < -0.3 is 5.32 Å². The Bertz CT molecular complexity index is 775. The van der Waals surface area contributed by atoms with Crippen LogP contribution < -0.4 is 5.32 Å². The van der Waals surface area contributed by atoms with Crippen LogP contribution in [0.3, 0.4) is 0 Å². The van der Waals surface area contributed by atoms with Crippen molar-refractivity contribution in [3.05, 3.63) is 64.5 Å². The maximum Gasteiger partial charge on any atom is 0.187 e. The second kappa shape index (κ2) is 7.05. The fourth-order valence-corrected chi connectivity index (χ4v) is 2.67. The Morgan fingerprint density at radius 1 is 1.05 bits per heavy atom. The molecule has 2 aromatic carbocycles. The third-order valence-electron chi connectivity index (χ3n) is 2.81. The minimum atomic E-state index is -0.627. The zero-order valence-electron chi connectivity index (χ0n) is 11.0. The molecular formula is C15H10Cl2F2N2S. The lowest BCUT2D eigenvalue weighted by Crippen LogP contribution is -1.90. The molecule has 3 aromatic rings. The van der Waals surface area contributed by atoms with E-state index < -0.39 is 11.6 Å². The van der Waals surface area contributed by atoms with Gasteiger partial charge in [0.2, 0.25) is 0 Å². The molecule has 0 amide bonds. The van der Waals surface area contributed by atoms with Crippen molar-refractivity contribution in [2.45, 2.75) is 0 Å². The van der Waals surface area contributed by atoms with E-state index in [4.69, 9.17) is 11.6 Å². The summed E-state index contributed by atoms with van der Waals surface area (Å²) in [7, 11) is 0. The summed E-state index contributed by atoms with van der Waals surface area (Å²) < 4.78 is 26.6. The van der Waals surface area contributed by atoms with Crippen LogP contribution in [0.2, 0.25) is 5.02 Å². The molecule has 0 saturated carbocycles. The number of anilines is 2. The minimum Gasteiger partial charge on any atom is -0.332 e. The molecule has 0 bridgehead atoms. The van der Waals surface area contributed by atoms with Gasteiger partial charge in [0.25, 0.3) is 0 Å². The molecular weight excluding hydrogens is 349 g/mol. The smallest absolute Gasteiger partial charge is 0.187 e. The molecule has 1 N–H and O–H groups in total. The summed E-state index contributed by atoms with van der Waals surface area (Å²) in [6.07, 6.45) is 0. The Kier molecular flexibility index (Phi) is 5.34. The average molecular weight is 359 g/mol. The monoisotopic (exact) mass is 358 g/mol. The number of nitrogens with one attached hydrogen (secondary N) is 1. The van der Waals surface area contributed by atoms with Gasteiger partial charge in [0.15, 0.2) is 5.13 Å². The van der Waals surface area contributed by atoms with Gasteiger partial charge >= 0.3 is 0 Å². The summed E-state index contributed by atoms with van der Waals surface area (Å²) in [6, 6.07) is 10.6. The highest BCUT2D eigenvalue weighted by Crippen LogP contribution is 2.29. The number of rotatable bonds is 3. The van der Waals surface area contributed by atoms with E-state index in [2.05, 4.69) is 10.3 Å². The van der Waals surface area contributed by atoms with Crippen molar-refractivity contribution in [3.63, 3.8) is 0 Å². The molecule has 114 valence electrons. The van der Waals surface area contributed by atoms with Crippen LogP contribution in [0.1, 0.15) is 0 Å². The quantitative estimate of drug-likeness (QED) is 0.629. The van der Waals surface area contributed by atoms with Crippen LogP contribution in [0.4, 0.5) is 19.6 Å². The molecule has 3 rings (SSSR count). The van der Waals surface area contributed by atoms with E-state index in [-0.39, 0.29) is 18.0 Å². The van der Waals surface area contributed by atoms with Crippen molar-refractivity contribution in [1.82, 2.24) is 4.98 Å². The van der Waals surface area contributed by atoms with Gasteiger partial charge in [0.05, 0.1) is 5.69 Å². The second-order valence-electron chi connectivity index (χ2n) is 4.29. The number of hydrogen-bond acceptors (Lipinski definition) is 3. The zero-order valence-corrected chi connectivity index (χ0v) is 13.4. The predicted octanol–water partition coefficient (Wildman–Crippen LogP) is 5.91. The van der Waals surface area contributed by atoms with E-state index in [1.807, 2.05) is 12.1 Å². The fraction of sp³-hybridized carbons (Fsp3) is 0. The zero-order chi connectivity index (χ0) is 14.8. The molecule has 0 unspecified atom stereocenters. The first-order valence-corrected chi connectivity index (χ1v) is 7.31. The number of hydrogen-bond donors (Lipinski definition) is 1. The van der Waals surface area contributed by atoms with Crippen LogP contribution in [0, 0.1) is 11.6 Å². The van der Waals surface area contributed by atoms with Crippen LogP contribution in [0.25, 0.3) is 11.3 Å². The van der Waals surface area contributed by atoms with Crippen molar-refractivity contribution in [1.29, 1.82) is 0 Å². The molecule has 0 spiro atoms. The average Bonchev–Trinajstić information content (AvgIpc) is 2.90. The summed E-state index contributed by atoms with van der Waals surface area (Å²) in [5.74, 6) is -1.23. The van der Waals surface area contributed by atoms with E-state index >= 15 is 0 Å². The third kappa shape index (κ3) is 3.74. The molecule has 1 aromatic heterocycles. The molecule has 22 heavy (non-hydrogen) atoms. The molecule has 2 nitrogen and oxygen atoms in total. The Morgan fingerprint density at radius 3 is 2.45 bits per heavy atom. The molecule has 0 radical (unpaired) electrons. The maximum atomic E-state index is 13.7. The molecule has 0 fully saturated rings. The summed E-state index contributed by atoms with van der Waals surface area (Å²) >= 11 is 7.16. The van der Waals surface area contributed by atoms with E-state index in [0.717, 1.165) is 11.8 Å². The van der Waals surface area contributed by atoms with Gasteiger partial charge in [-0.2, -0.15) is 0 Å². The summed E-state index contributed by atoms with van der Waals surface area (Å²) in [4.78, 5) is 4.30. The number of halogens is 4. The lowest BCUT2D eigenvalue weighted by molar-refractivity contribution is 0.585. The Labute approximate surface area is 141 Å². The first kappa shape index (κ1) is 16.7. The van der Waals surface area contributed by atoms with Crippen molar-refractivity contribution >= 4 is 46.2 Å². The normalized spacial score (nSPS) is 10.1. The van der Waals surface area contributed by atoms with Crippen LogP contribution in [-0.2, 0) is 0 Å². The molecule has 1 heterocycles. The molecule has 0 saturated heterocycles. The number of nitrogens with zero attached hydrogens (tertiary/aromatic N) is 1. The summed E-state index contributed by atoms with van der Waals surface area (Å²) in [5.41, 5.74) is 1.57. The van der Waals surface area contributed by atoms with Gasteiger partial charge in [0.1, 0.15) is 11.6 Å². The fourth-order valence-electron chi connectivity index (χ4n) is 1.81. The van der Waals surface area contributed by atoms with Crippen LogP contribution in [-0.4, -0.2) is 4.98 Å². The lowest BCUT2D eigenvalue weighted by atomic mass is 10.1. The molecule has 0 atom stereocenters. The van der Waals surface area contributed by atoms with Gasteiger partial charge in [-0.15, -0.1) is 23.7 Å². The van der Waals surface area contributed by atoms with Gasteiger partial charge in [0, 0.05) is 27.7 Å². The molecule has 7 heteroatoms. The number of benzene rings is 2. The first-order valence-electron chi connectivity index (χ1n) is 6.05. The summed E-state index contributed by atoms with van der Waals surface area (Å²) in [5, 5.41) is 6.09. The Balaban J connectivity index is 0.00000176. The van der Waals surface area contributed by atoms with Gasteiger partial charge in [-0.1, -0.05) is 11.6 Å². The van der Waals surface area contributed by atoms with E-state index in [1.165, 1.54) is 23.5 Å². The predicted molar refractivity (Wildman–Crippen MR) is 89.4 cm³/mol.